The molecular formula is C24H32N2O4S. The fraction of sp³-hybridized carbons (Fsp3) is 0.458. The number of sulfonamides is 1. The summed E-state index contributed by atoms with van der Waals surface area (Å²) in [5.41, 5.74) is 1.37. The molecule has 7 heteroatoms. The van der Waals surface area contributed by atoms with Crippen LogP contribution in [0, 0.1) is 11.3 Å². The first-order valence-corrected chi connectivity index (χ1v) is 12.1. The zero-order valence-electron chi connectivity index (χ0n) is 19.1. The highest BCUT2D eigenvalue weighted by molar-refractivity contribution is 7.92. The zero-order chi connectivity index (χ0) is 23.0. The van der Waals surface area contributed by atoms with Gasteiger partial charge in [0.1, 0.15) is 12.4 Å². The Morgan fingerprint density at radius 1 is 1.06 bits per heavy atom. The quantitative estimate of drug-likeness (QED) is 0.679. The van der Waals surface area contributed by atoms with E-state index in [1.54, 1.807) is 35.2 Å². The SMILES string of the molecule is CC(C)CN1C(=O)C(C)(C)COc2ccc(NS(=O)(=O)c3ccc(C(C)C)cc3)cc21. The van der Waals surface area contributed by atoms with Gasteiger partial charge in [0.15, 0.2) is 0 Å². The molecule has 0 aromatic heterocycles. The molecule has 0 unspecified atom stereocenters. The van der Waals surface area contributed by atoms with E-state index in [0.29, 0.717) is 29.6 Å². The normalized spacial score (nSPS) is 16.1. The van der Waals surface area contributed by atoms with Crippen LogP contribution in [-0.2, 0) is 14.8 Å². The van der Waals surface area contributed by atoms with Gasteiger partial charge in [-0.15, -0.1) is 0 Å². The molecule has 2 aromatic rings. The smallest absolute Gasteiger partial charge is 0.261 e. The summed E-state index contributed by atoms with van der Waals surface area (Å²) in [7, 11) is -3.76. The van der Waals surface area contributed by atoms with E-state index in [0.717, 1.165) is 5.56 Å². The number of nitrogens with zero attached hydrogens (tertiary/aromatic N) is 1. The molecule has 168 valence electrons. The minimum atomic E-state index is -3.76. The molecule has 0 atom stereocenters. The molecule has 0 radical (unpaired) electrons. The van der Waals surface area contributed by atoms with Crippen molar-refractivity contribution in [2.24, 2.45) is 11.3 Å². The summed E-state index contributed by atoms with van der Waals surface area (Å²) in [4.78, 5) is 15.1. The molecule has 6 nitrogen and oxygen atoms in total. The van der Waals surface area contributed by atoms with Crippen LogP contribution in [0.25, 0.3) is 0 Å². The molecule has 1 N–H and O–H groups in total. The summed E-state index contributed by atoms with van der Waals surface area (Å²) < 4.78 is 34.4. The number of hydrogen-bond acceptors (Lipinski definition) is 4. The number of amides is 1. The first-order chi connectivity index (χ1) is 14.4. The van der Waals surface area contributed by atoms with Gasteiger partial charge in [-0.05, 0) is 61.6 Å². The standard InChI is InChI=1S/C24H32N2O4S/c1-16(2)14-26-21-13-19(9-12-22(21)30-15-24(5,6)23(26)27)25-31(28,29)20-10-7-18(8-11-20)17(3)4/h7-13,16-17,25H,14-15H2,1-6H3. The molecule has 3 rings (SSSR count). The molecule has 1 aliphatic rings. The molecule has 1 amide bonds. The first-order valence-electron chi connectivity index (χ1n) is 10.6. The van der Waals surface area contributed by atoms with Crippen molar-refractivity contribution in [3.63, 3.8) is 0 Å². The summed E-state index contributed by atoms with van der Waals surface area (Å²) in [5.74, 6) is 1.10. The topological polar surface area (TPSA) is 75.7 Å². The highest BCUT2D eigenvalue weighted by Crippen LogP contribution is 2.39. The van der Waals surface area contributed by atoms with Crippen LogP contribution in [-0.4, -0.2) is 27.5 Å². The molecule has 0 bridgehead atoms. The third-order valence-corrected chi connectivity index (χ3v) is 6.72. The predicted octanol–water partition coefficient (Wildman–Crippen LogP) is 5.02. The molecule has 2 aromatic carbocycles. The van der Waals surface area contributed by atoms with Crippen LogP contribution in [0.4, 0.5) is 11.4 Å². The second-order valence-electron chi connectivity index (χ2n) is 9.49. The van der Waals surface area contributed by atoms with E-state index in [1.807, 2.05) is 39.8 Å². The maximum atomic E-state index is 13.2. The van der Waals surface area contributed by atoms with E-state index < -0.39 is 15.4 Å². The minimum Gasteiger partial charge on any atom is -0.490 e. The molecule has 1 heterocycles. The fourth-order valence-electron chi connectivity index (χ4n) is 3.50. The van der Waals surface area contributed by atoms with Gasteiger partial charge in [-0.3, -0.25) is 9.52 Å². The molecular weight excluding hydrogens is 412 g/mol. The Kier molecular flexibility index (Phi) is 6.37. The van der Waals surface area contributed by atoms with Gasteiger partial charge in [-0.1, -0.05) is 39.8 Å². The Morgan fingerprint density at radius 2 is 1.71 bits per heavy atom. The summed E-state index contributed by atoms with van der Waals surface area (Å²) in [6, 6.07) is 11.9. The zero-order valence-corrected chi connectivity index (χ0v) is 19.9. The molecule has 1 aliphatic heterocycles. The molecule has 0 aliphatic carbocycles. The maximum absolute atomic E-state index is 13.2. The van der Waals surface area contributed by atoms with E-state index in [2.05, 4.69) is 18.6 Å². The van der Waals surface area contributed by atoms with Crippen molar-refractivity contribution in [2.45, 2.75) is 52.4 Å². The Hall–Kier alpha value is -2.54. The number of carbonyl (C=O) groups is 1. The molecule has 31 heavy (non-hydrogen) atoms. The monoisotopic (exact) mass is 444 g/mol. The third kappa shape index (κ3) is 5.03. The summed E-state index contributed by atoms with van der Waals surface area (Å²) in [6.07, 6.45) is 0. The van der Waals surface area contributed by atoms with E-state index in [1.165, 1.54) is 0 Å². The number of carbonyl (C=O) groups excluding carboxylic acids is 1. The van der Waals surface area contributed by atoms with Crippen LogP contribution in [0.2, 0.25) is 0 Å². The summed E-state index contributed by atoms with van der Waals surface area (Å²) in [5, 5.41) is 0. The lowest BCUT2D eigenvalue weighted by Crippen LogP contribution is -2.43. The van der Waals surface area contributed by atoms with Crippen molar-refractivity contribution < 1.29 is 17.9 Å². The highest BCUT2D eigenvalue weighted by Gasteiger charge is 2.38. The van der Waals surface area contributed by atoms with Gasteiger partial charge in [0.2, 0.25) is 5.91 Å². The van der Waals surface area contributed by atoms with Crippen molar-refractivity contribution in [3.8, 4) is 5.75 Å². The minimum absolute atomic E-state index is 0.0377. The number of hydrogen-bond donors (Lipinski definition) is 1. The van der Waals surface area contributed by atoms with Crippen LogP contribution in [0.5, 0.6) is 5.75 Å². The lowest BCUT2D eigenvalue weighted by molar-refractivity contribution is -0.127. The van der Waals surface area contributed by atoms with Gasteiger partial charge in [0.05, 0.1) is 21.7 Å². The van der Waals surface area contributed by atoms with Crippen molar-refractivity contribution in [3.05, 3.63) is 48.0 Å². The lowest BCUT2D eigenvalue weighted by atomic mass is 9.92. The average Bonchev–Trinajstić information content (AvgIpc) is 2.78. The van der Waals surface area contributed by atoms with E-state index >= 15 is 0 Å². The average molecular weight is 445 g/mol. The van der Waals surface area contributed by atoms with Crippen molar-refractivity contribution >= 4 is 27.3 Å². The van der Waals surface area contributed by atoms with Gasteiger partial charge >= 0.3 is 0 Å². The van der Waals surface area contributed by atoms with Gasteiger partial charge in [-0.2, -0.15) is 0 Å². The van der Waals surface area contributed by atoms with Crippen molar-refractivity contribution in [2.75, 3.05) is 22.8 Å². The number of fused-ring (bicyclic) bond motifs is 1. The van der Waals surface area contributed by atoms with E-state index in [9.17, 15) is 13.2 Å². The number of nitrogens with one attached hydrogen (secondary N) is 1. The Morgan fingerprint density at radius 3 is 2.29 bits per heavy atom. The Bertz CT molecular complexity index is 1060. The molecule has 0 saturated carbocycles. The van der Waals surface area contributed by atoms with Crippen LogP contribution in [0.15, 0.2) is 47.4 Å². The van der Waals surface area contributed by atoms with E-state index in [-0.39, 0.29) is 23.3 Å². The number of anilines is 2. The maximum Gasteiger partial charge on any atom is 0.261 e. The highest BCUT2D eigenvalue weighted by atomic mass is 32.2. The second kappa shape index (κ2) is 8.54. The van der Waals surface area contributed by atoms with E-state index in [4.69, 9.17) is 4.74 Å². The lowest BCUT2D eigenvalue weighted by Gasteiger charge is -2.29. The van der Waals surface area contributed by atoms with Crippen molar-refractivity contribution in [1.82, 2.24) is 0 Å². The Balaban J connectivity index is 1.95. The van der Waals surface area contributed by atoms with Crippen LogP contribution in [0.1, 0.15) is 53.0 Å². The van der Waals surface area contributed by atoms with Gasteiger partial charge in [0, 0.05) is 6.54 Å². The second-order valence-corrected chi connectivity index (χ2v) is 11.2. The molecule has 0 spiro atoms. The molecule has 0 saturated heterocycles. The van der Waals surface area contributed by atoms with Crippen LogP contribution < -0.4 is 14.4 Å². The number of rotatable bonds is 6. The van der Waals surface area contributed by atoms with Crippen LogP contribution in [0.3, 0.4) is 0 Å². The van der Waals surface area contributed by atoms with Gasteiger partial charge < -0.3 is 9.64 Å². The fourth-order valence-corrected chi connectivity index (χ4v) is 4.55. The number of benzene rings is 2. The van der Waals surface area contributed by atoms with Gasteiger partial charge in [0.25, 0.3) is 10.0 Å². The van der Waals surface area contributed by atoms with Crippen LogP contribution >= 0.6 is 0 Å². The van der Waals surface area contributed by atoms with Gasteiger partial charge in [-0.25, -0.2) is 8.42 Å². The van der Waals surface area contributed by atoms with Crippen molar-refractivity contribution in [1.29, 1.82) is 0 Å². The largest absolute Gasteiger partial charge is 0.490 e. The Labute approximate surface area is 185 Å². The summed E-state index contributed by atoms with van der Waals surface area (Å²) in [6.45, 7) is 12.7. The third-order valence-electron chi connectivity index (χ3n) is 5.32. The molecule has 0 fully saturated rings. The predicted molar refractivity (Wildman–Crippen MR) is 124 cm³/mol. The first kappa shape index (κ1) is 23.1. The summed E-state index contributed by atoms with van der Waals surface area (Å²) >= 11 is 0. The number of ether oxygens (including phenoxy) is 1.